The average Bonchev–Trinajstić information content (AvgIpc) is 2.83. The normalized spacial score (nSPS) is 20.2. The summed E-state index contributed by atoms with van der Waals surface area (Å²) in [6, 6.07) is 12.8. The quantitative estimate of drug-likeness (QED) is 0.716. The van der Waals surface area contributed by atoms with Crippen LogP contribution in [0.15, 0.2) is 47.4 Å². The second-order valence-electron chi connectivity index (χ2n) is 8.84. The molecule has 6 nitrogen and oxygen atoms in total. The molecule has 1 heterocycles. The zero-order chi connectivity index (χ0) is 22.7. The molecule has 2 aliphatic rings. The van der Waals surface area contributed by atoms with Gasteiger partial charge in [0.1, 0.15) is 5.75 Å². The Balaban J connectivity index is 1.41. The molecule has 7 heteroatoms. The number of amides is 1. The molecule has 0 saturated carbocycles. The first-order valence-corrected chi connectivity index (χ1v) is 12.9. The number of carbonyl (C=O) groups is 1. The summed E-state index contributed by atoms with van der Waals surface area (Å²) in [4.78, 5) is 13.2. The van der Waals surface area contributed by atoms with Gasteiger partial charge in [-0.2, -0.15) is 4.31 Å². The Hall–Kier alpha value is -2.38. The number of carbonyl (C=O) groups excluding carboxylic acids is 1. The number of benzene rings is 2. The topological polar surface area (TPSA) is 75.7 Å². The number of fused-ring (bicyclic) bond motifs is 1. The van der Waals surface area contributed by atoms with Crippen LogP contribution in [0.3, 0.4) is 0 Å². The van der Waals surface area contributed by atoms with Crippen LogP contribution in [0.4, 0.5) is 0 Å². The standard InChI is InChI=1S/C25H32N2O4S/c1-18(20-10-9-19-6-3-4-7-21(19)16-20)26-25(28)22-8-5-15-27(17-22)32(29,30)24-13-11-23(31-2)12-14-24/h9-14,16,18,22H,3-8,15,17H2,1-2H3,(H,26,28)/t18-,22+/m1/s1. The molecule has 0 bridgehead atoms. The maximum absolute atomic E-state index is 13.1. The van der Waals surface area contributed by atoms with E-state index < -0.39 is 10.0 Å². The third kappa shape index (κ3) is 4.84. The second-order valence-corrected chi connectivity index (χ2v) is 10.8. The van der Waals surface area contributed by atoms with Crippen molar-refractivity contribution in [2.24, 2.45) is 5.92 Å². The average molecular weight is 457 g/mol. The maximum atomic E-state index is 13.1. The van der Waals surface area contributed by atoms with Crippen LogP contribution in [0.25, 0.3) is 0 Å². The number of hydrogen-bond donors (Lipinski definition) is 1. The van der Waals surface area contributed by atoms with E-state index >= 15 is 0 Å². The fourth-order valence-electron chi connectivity index (χ4n) is 4.71. The van der Waals surface area contributed by atoms with Gasteiger partial charge in [0.05, 0.1) is 24.0 Å². The van der Waals surface area contributed by atoms with Gasteiger partial charge in [-0.1, -0.05) is 18.2 Å². The van der Waals surface area contributed by atoms with E-state index in [-0.39, 0.29) is 29.3 Å². The van der Waals surface area contributed by atoms with Crippen molar-refractivity contribution in [3.63, 3.8) is 0 Å². The summed E-state index contributed by atoms with van der Waals surface area (Å²) < 4.78 is 32.7. The lowest BCUT2D eigenvalue weighted by atomic mass is 9.89. The molecule has 2 aromatic carbocycles. The number of piperidine rings is 1. The molecule has 2 atom stereocenters. The lowest BCUT2D eigenvalue weighted by Crippen LogP contribution is -2.45. The Morgan fingerprint density at radius 2 is 1.78 bits per heavy atom. The van der Waals surface area contributed by atoms with Gasteiger partial charge in [-0.25, -0.2) is 8.42 Å². The van der Waals surface area contributed by atoms with Crippen molar-refractivity contribution < 1.29 is 17.9 Å². The van der Waals surface area contributed by atoms with Crippen LogP contribution in [-0.2, 0) is 27.7 Å². The van der Waals surface area contributed by atoms with Crippen LogP contribution >= 0.6 is 0 Å². The van der Waals surface area contributed by atoms with Crippen molar-refractivity contribution in [3.05, 3.63) is 59.2 Å². The summed E-state index contributed by atoms with van der Waals surface area (Å²) in [6.07, 6.45) is 6.06. The van der Waals surface area contributed by atoms with Crippen LogP contribution in [0.5, 0.6) is 5.75 Å². The Labute approximate surface area is 191 Å². The largest absolute Gasteiger partial charge is 0.497 e. The minimum absolute atomic E-state index is 0.0788. The molecule has 1 saturated heterocycles. The van der Waals surface area contributed by atoms with Crippen molar-refractivity contribution in [1.29, 1.82) is 0 Å². The van der Waals surface area contributed by atoms with Crippen molar-refractivity contribution in [2.45, 2.75) is 56.4 Å². The molecule has 1 fully saturated rings. The fraction of sp³-hybridized carbons (Fsp3) is 0.480. The highest BCUT2D eigenvalue weighted by Gasteiger charge is 2.33. The first-order chi connectivity index (χ1) is 15.4. The van der Waals surface area contributed by atoms with E-state index in [0.717, 1.165) is 18.4 Å². The van der Waals surface area contributed by atoms with Gasteiger partial charge in [0.15, 0.2) is 0 Å². The summed E-state index contributed by atoms with van der Waals surface area (Å²) in [7, 11) is -2.10. The molecule has 1 aliphatic heterocycles. The summed E-state index contributed by atoms with van der Waals surface area (Å²) in [5.74, 6) is 0.178. The summed E-state index contributed by atoms with van der Waals surface area (Å²) in [5.41, 5.74) is 3.92. The SMILES string of the molecule is COc1ccc(S(=O)(=O)N2CCC[C@H](C(=O)N[C@H](C)c3ccc4c(c3)CCCC4)C2)cc1. The predicted octanol–water partition coefficient (Wildman–Crippen LogP) is 3.85. The smallest absolute Gasteiger partial charge is 0.243 e. The Kier molecular flexibility index (Phi) is 6.86. The van der Waals surface area contributed by atoms with Crippen molar-refractivity contribution in [3.8, 4) is 5.75 Å². The number of hydrogen-bond acceptors (Lipinski definition) is 4. The molecular formula is C25H32N2O4S. The van der Waals surface area contributed by atoms with Crippen molar-refractivity contribution >= 4 is 15.9 Å². The predicted molar refractivity (Wildman–Crippen MR) is 124 cm³/mol. The number of ether oxygens (including phenoxy) is 1. The molecule has 1 N–H and O–H groups in total. The zero-order valence-electron chi connectivity index (χ0n) is 18.8. The van der Waals surface area contributed by atoms with Gasteiger partial charge >= 0.3 is 0 Å². The van der Waals surface area contributed by atoms with Crippen LogP contribution in [0.2, 0.25) is 0 Å². The minimum atomic E-state index is -3.65. The van der Waals surface area contributed by atoms with E-state index in [1.807, 2.05) is 6.92 Å². The highest BCUT2D eigenvalue weighted by molar-refractivity contribution is 7.89. The Morgan fingerprint density at radius 1 is 1.06 bits per heavy atom. The third-order valence-electron chi connectivity index (χ3n) is 6.68. The van der Waals surface area contributed by atoms with Gasteiger partial charge in [0, 0.05) is 13.1 Å². The minimum Gasteiger partial charge on any atom is -0.497 e. The Bertz CT molecular complexity index is 1070. The lowest BCUT2D eigenvalue weighted by molar-refractivity contribution is -0.126. The molecule has 1 amide bonds. The molecular weight excluding hydrogens is 424 g/mol. The van der Waals surface area contributed by atoms with Gasteiger partial charge in [0.2, 0.25) is 15.9 Å². The van der Waals surface area contributed by atoms with Crippen LogP contribution in [-0.4, -0.2) is 38.8 Å². The molecule has 4 rings (SSSR count). The Morgan fingerprint density at radius 3 is 2.50 bits per heavy atom. The first-order valence-electron chi connectivity index (χ1n) is 11.4. The molecule has 1 aliphatic carbocycles. The van der Waals surface area contributed by atoms with E-state index in [2.05, 4.69) is 23.5 Å². The van der Waals surface area contributed by atoms with E-state index in [4.69, 9.17) is 4.74 Å². The highest BCUT2D eigenvalue weighted by Crippen LogP contribution is 2.27. The van der Waals surface area contributed by atoms with Gasteiger partial charge in [0.25, 0.3) is 0 Å². The molecule has 0 spiro atoms. The first kappa shape index (κ1) is 22.8. The molecule has 0 unspecified atom stereocenters. The number of rotatable bonds is 6. The summed E-state index contributed by atoms with van der Waals surface area (Å²) in [5, 5.41) is 3.12. The van der Waals surface area contributed by atoms with Gasteiger partial charge in [-0.05, 0) is 86.4 Å². The number of aryl methyl sites for hydroxylation is 2. The van der Waals surface area contributed by atoms with Crippen LogP contribution in [0.1, 0.15) is 55.3 Å². The number of nitrogens with one attached hydrogen (secondary N) is 1. The summed E-state index contributed by atoms with van der Waals surface area (Å²) >= 11 is 0. The highest BCUT2D eigenvalue weighted by atomic mass is 32.2. The monoisotopic (exact) mass is 456 g/mol. The zero-order valence-corrected chi connectivity index (χ0v) is 19.7. The molecule has 172 valence electrons. The lowest BCUT2D eigenvalue weighted by Gasteiger charge is -2.32. The van der Waals surface area contributed by atoms with E-state index in [1.165, 1.54) is 28.3 Å². The van der Waals surface area contributed by atoms with Gasteiger partial charge < -0.3 is 10.1 Å². The second kappa shape index (κ2) is 9.63. The number of methoxy groups -OCH3 is 1. The van der Waals surface area contributed by atoms with Crippen LogP contribution < -0.4 is 10.1 Å². The molecule has 32 heavy (non-hydrogen) atoms. The van der Waals surface area contributed by atoms with Crippen LogP contribution in [0, 0.1) is 5.92 Å². The van der Waals surface area contributed by atoms with E-state index in [0.29, 0.717) is 25.1 Å². The van der Waals surface area contributed by atoms with Crippen molar-refractivity contribution in [1.82, 2.24) is 9.62 Å². The van der Waals surface area contributed by atoms with E-state index in [9.17, 15) is 13.2 Å². The molecule has 0 radical (unpaired) electrons. The van der Waals surface area contributed by atoms with E-state index in [1.54, 1.807) is 31.4 Å². The van der Waals surface area contributed by atoms with Crippen molar-refractivity contribution in [2.75, 3.05) is 20.2 Å². The summed E-state index contributed by atoms with van der Waals surface area (Å²) in [6.45, 7) is 2.63. The number of sulfonamides is 1. The molecule has 2 aromatic rings. The van der Waals surface area contributed by atoms with Gasteiger partial charge in [-0.3, -0.25) is 4.79 Å². The number of nitrogens with zero attached hydrogens (tertiary/aromatic N) is 1. The molecule has 0 aromatic heterocycles. The third-order valence-corrected chi connectivity index (χ3v) is 8.56. The van der Waals surface area contributed by atoms with Gasteiger partial charge in [-0.15, -0.1) is 0 Å². The fourth-order valence-corrected chi connectivity index (χ4v) is 6.23. The maximum Gasteiger partial charge on any atom is 0.243 e.